The molecule has 2 aromatic heterocycles. The van der Waals surface area contributed by atoms with Crippen molar-refractivity contribution in [2.24, 2.45) is 0 Å². The van der Waals surface area contributed by atoms with Crippen molar-refractivity contribution in [2.45, 2.75) is 56.5 Å². The highest BCUT2D eigenvalue weighted by molar-refractivity contribution is 7.90. The average molecular weight is 587 g/mol. The summed E-state index contributed by atoms with van der Waals surface area (Å²) in [5, 5.41) is 0.302. The molecular weight excluding hydrogens is 557 g/mol. The maximum atomic E-state index is 15.1. The van der Waals surface area contributed by atoms with Gasteiger partial charge in [-0.15, -0.1) is 0 Å². The zero-order valence-electron chi connectivity index (χ0n) is 22.8. The zero-order chi connectivity index (χ0) is 29.5. The van der Waals surface area contributed by atoms with Gasteiger partial charge < -0.3 is 9.47 Å². The number of alkyl halides is 1. The summed E-state index contributed by atoms with van der Waals surface area (Å²) in [6.07, 6.45) is 2.41. The van der Waals surface area contributed by atoms with Crippen molar-refractivity contribution in [3.63, 3.8) is 0 Å². The lowest BCUT2D eigenvalue weighted by atomic mass is 9.95. The van der Waals surface area contributed by atoms with Gasteiger partial charge in [0.2, 0.25) is 0 Å². The molecule has 1 fully saturated rings. The van der Waals surface area contributed by atoms with Gasteiger partial charge in [0.1, 0.15) is 11.5 Å². The minimum Gasteiger partial charge on any atom is -0.450 e. The van der Waals surface area contributed by atoms with Gasteiger partial charge in [-0.25, -0.2) is 30.5 Å². The third-order valence-electron chi connectivity index (χ3n) is 7.09. The Morgan fingerprint density at radius 1 is 1.12 bits per heavy atom. The van der Waals surface area contributed by atoms with Crippen LogP contribution in [0.25, 0.3) is 11.0 Å². The van der Waals surface area contributed by atoms with E-state index in [-0.39, 0.29) is 66.0 Å². The number of carbonyl (C=O) groups is 1. The van der Waals surface area contributed by atoms with Crippen LogP contribution in [0.5, 0.6) is 11.5 Å². The van der Waals surface area contributed by atoms with Crippen molar-refractivity contribution in [1.29, 1.82) is 0 Å². The van der Waals surface area contributed by atoms with Gasteiger partial charge in [0.05, 0.1) is 23.5 Å². The van der Waals surface area contributed by atoms with Crippen molar-refractivity contribution in [3.05, 3.63) is 83.2 Å². The number of hydrogen-bond donors (Lipinski definition) is 0. The molecule has 0 bridgehead atoms. The van der Waals surface area contributed by atoms with E-state index in [0.717, 1.165) is 21.7 Å². The summed E-state index contributed by atoms with van der Waals surface area (Å²) < 4.78 is 83.0. The summed E-state index contributed by atoms with van der Waals surface area (Å²) in [6.45, 7) is 5.43. The molecule has 0 amide bonds. The van der Waals surface area contributed by atoms with Gasteiger partial charge in [0, 0.05) is 25.2 Å². The highest BCUT2D eigenvalue weighted by Gasteiger charge is 2.38. The quantitative estimate of drug-likeness (QED) is 0.214. The van der Waals surface area contributed by atoms with Crippen LogP contribution < -0.4 is 4.74 Å². The number of fused-ring (bicyclic) bond motifs is 1. The molecule has 41 heavy (non-hydrogen) atoms. The molecule has 0 unspecified atom stereocenters. The van der Waals surface area contributed by atoms with Gasteiger partial charge in [-0.05, 0) is 60.7 Å². The van der Waals surface area contributed by atoms with Crippen LogP contribution in [-0.4, -0.2) is 42.0 Å². The van der Waals surface area contributed by atoms with Gasteiger partial charge in [0.15, 0.2) is 28.7 Å². The van der Waals surface area contributed by atoms with Crippen LogP contribution in [0, 0.1) is 18.6 Å². The Labute approximate surface area is 236 Å². The van der Waals surface area contributed by atoms with Crippen LogP contribution in [0.4, 0.5) is 13.2 Å². The topological polar surface area (TPSA) is 87.5 Å². The Kier molecular flexibility index (Phi) is 7.69. The van der Waals surface area contributed by atoms with Gasteiger partial charge >= 0.3 is 0 Å². The molecule has 11 heteroatoms. The van der Waals surface area contributed by atoms with Crippen molar-refractivity contribution in [3.8, 4) is 11.5 Å². The molecule has 216 valence electrons. The average Bonchev–Trinajstić information content (AvgIpc) is 3.31. The fourth-order valence-corrected chi connectivity index (χ4v) is 6.05. The Morgan fingerprint density at radius 3 is 2.37 bits per heavy atom. The van der Waals surface area contributed by atoms with E-state index in [4.69, 9.17) is 9.47 Å². The summed E-state index contributed by atoms with van der Waals surface area (Å²) in [7, 11) is -4.04. The third-order valence-corrected chi connectivity index (χ3v) is 8.76. The van der Waals surface area contributed by atoms with Crippen LogP contribution in [0.3, 0.4) is 0 Å². The number of nitrogens with zero attached hydrogens (tertiary/aromatic N) is 2. The number of ketones is 1. The van der Waals surface area contributed by atoms with E-state index >= 15 is 8.78 Å². The molecule has 0 spiro atoms. The first-order valence-corrected chi connectivity index (χ1v) is 14.6. The molecule has 3 heterocycles. The molecular formula is C30H29F3N2O5S. The SMILES string of the molecule is Cc1ccc(S(=O)(=O)n2cc(C(C)C)c3c(Oc4c(F)cc(CC(=O)CCC5(F)COC5)cc4F)ccnc32)cc1. The van der Waals surface area contributed by atoms with E-state index in [9.17, 15) is 17.6 Å². The number of ether oxygens (including phenoxy) is 2. The Hall–Kier alpha value is -3.70. The first-order valence-electron chi connectivity index (χ1n) is 13.1. The van der Waals surface area contributed by atoms with Crippen LogP contribution in [-0.2, 0) is 26.0 Å². The number of Topliss-reactive ketones (excluding diaryl/α,β-unsaturated/α-hetero) is 1. The Balaban J connectivity index is 1.46. The smallest absolute Gasteiger partial charge is 0.269 e. The second-order valence-electron chi connectivity index (χ2n) is 10.7. The molecule has 0 N–H and O–H groups in total. The van der Waals surface area contributed by atoms with Gasteiger partial charge in [-0.1, -0.05) is 31.5 Å². The minimum absolute atomic E-state index is 0.00645. The summed E-state index contributed by atoms with van der Waals surface area (Å²) in [5.41, 5.74) is 0.0802. The summed E-state index contributed by atoms with van der Waals surface area (Å²) in [5.74, 6) is -3.29. The number of pyridine rings is 1. The normalized spacial score (nSPS) is 14.8. The first-order chi connectivity index (χ1) is 19.4. The van der Waals surface area contributed by atoms with E-state index in [1.54, 1.807) is 12.1 Å². The predicted molar refractivity (Wildman–Crippen MR) is 147 cm³/mol. The second kappa shape index (κ2) is 10.9. The maximum absolute atomic E-state index is 15.1. The molecule has 0 saturated carbocycles. The highest BCUT2D eigenvalue weighted by atomic mass is 32.2. The fraction of sp³-hybridized carbons (Fsp3) is 0.333. The largest absolute Gasteiger partial charge is 0.450 e. The van der Waals surface area contributed by atoms with Crippen molar-refractivity contribution < 1.29 is 35.9 Å². The predicted octanol–water partition coefficient (Wildman–Crippen LogP) is 6.41. The minimum atomic E-state index is -4.04. The first kappa shape index (κ1) is 28.8. The van der Waals surface area contributed by atoms with E-state index < -0.39 is 33.1 Å². The summed E-state index contributed by atoms with van der Waals surface area (Å²) >= 11 is 0. The Morgan fingerprint density at radius 2 is 1.78 bits per heavy atom. The molecule has 2 aromatic carbocycles. The monoisotopic (exact) mass is 586 g/mol. The lowest BCUT2D eigenvalue weighted by Gasteiger charge is -2.33. The maximum Gasteiger partial charge on any atom is 0.269 e. The van der Waals surface area contributed by atoms with E-state index in [0.29, 0.717) is 10.9 Å². The lowest BCUT2D eigenvalue weighted by molar-refractivity contribution is -0.139. The number of halogens is 3. The molecule has 4 aromatic rings. The standard InChI is InChI=1S/C30H29F3N2O5S/c1-18(2)23-15-35(41(37,38)22-6-4-19(3)5-7-22)29-27(23)26(9-11-34-29)40-28-24(31)13-20(14-25(28)32)12-21(36)8-10-30(33)16-39-17-30/h4-7,9,11,13-15,18H,8,10,12,16-17H2,1-3H3. The third kappa shape index (κ3) is 5.73. The van der Waals surface area contributed by atoms with E-state index in [1.807, 2.05) is 20.8 Å². The summed E-state index contributed by atoms with van der Waals surface area (Å²) in [4.78, 5) is 16.6. The van der Waals surface area contributed by atoms with Crippen molar-refractivity contribution >= 4 is 26.8 Å². The number of aryl methyl sites for hydroxylation is 1. The van der Waals surface area contributed by atoms with Gasteiger partial charge in [-0.2, -0.15) is 0 Å². The van der Waals surface area contributed by atoms with Gasteiger partial charge in [-0.3, -0.25) is 4.79 Å². The molecule has 1 aliphatic heterocycles. The summed E-state index contributed by atoms with van der Waals surface area (Å²) in [6, 6.07) is 9.79. The lowest BCUT2D eigenvalue weighted by Crippen LogP contribution is -2.45. The highest BCUT2D eigenvalue weighted by Crippen LogP contribution is 2.39. The second-order valence-corrected chi connectivity index (χ2v) is 12.5. The molecule has 5 rings (SSSR count). The molecule has 1 aliphatic rings. The zero-order valence-corrected chi connectivity index (χ0v) is 23.6. The van der Waals surface area contributed by atoms with Crippen LogP contribution in [0.2, 0.25) is 0 Å². The molecule has 7 nitrogen and oxygen atoms in total. The van der Waals surface area contributed by atoms with Crippen LogP contribution in [0.1, 0.15) is 49.3 Å². The van der Waals surface area contributed by atoms with Crippen molar-refractivity contribution in [1.82, 2.24) is 8.96 Å². The van der Waals surface area contributed by atoms with Gasteiger partial charge in [0.25, 0.3) is 10.0 Å². The molecule has 1 saturated heterocycles. The van der Waals surface area contributed by atoms with E-state index in [2.05, 4.69) is 4.98 Å². The number of carbonyl (C=O) groups excluding carboxylic acids is 1. The molecule has 0 aliphatic carbocycles. The number of rotatable bonds is 10. The van der Waals surface area contributed by atoms with Crippen molar-refractivity contribution in [2.75, 3.05) is 13.2 Å². The molecule has 0 atom stereocenters. The number of aromatic nitrogens is 2. The number of hydrogen-bond acceptors (Lipinski definition) is 6. The number of benzene rings is 2. The molecule has 0 radical (unpaired) electrons. The van der Waals surface area contributed by atoms with E-state index in [1.165, 1.54) is 30.6 Å². The Bertz CT molecular complexity index is 1710. The fourth-order valence-electron chi connectivity index (χ4n) is 4.72. The van der Waals surface area contributed by atoms with Crippen LogP contribution in [0.15, 0.2) is 59.8 Å². The van der Waals surface area contributed by atoms with Crippen LogP contribution >= 0.6 is 0 Å².